The normalized spacial score (nSPS) is 18.4. The van der Waals surface area contributed by atoms with Crippen molar-refractivity contribution < 1.29 is 9.13 Å². The first-order valence-corrected chi connectivity index (χ1v) is 8.61. The Morgan fingerprint density at radius 1 is 1.27 bits per heavy atom. The van der Waals surface area contributed by atoms with E-state index in [0.29, 0.717) is 18.2 Å². The van der Waals surface area contributed by atoms with Gasteiger partial charge in [0.05, 0.1) is 13.4 Å². The molecule has 3 aromatic rings. The van der Waals surface area contributed by atoms with E-state index in [9.17, 15) is 4.39 Å². The fourth-order valence-electron chi connectivity index (χ4n) is 3.46. The largest absolute Gasteiger partial charge is 0.494 e. The van der Waals surface area contributed by atoms with Crippen molar-refractivity contribution in [2.24, 2.45) is 0 Å². The van der Waals surface area contributed by atoms with Crippen LogP contribution in [0.2, 0.25) is 0 Å². The van der Waals surface area contributed by atoms with Gasteiger partial charge in [-0.1, -0.05) is 6.07 Å². The number of hydrogen-bond acceptors (Lipinski definition) is 6. The lowest BCUT2D eigenvalue weighted by molar-refractivity contribution is 0.180. The predicted molar refractivity (Wildman–Crippen MR) is 96.7 cm³/mol. The summed E-state index contributed by atoms with van der Waals surface area (Å²) < 4.78 is 18.9. The van der Waals surface area contributed by atoms with Gasteiger partial charge in [0.15, 0.2) is 23.0 Å². The summed E-state index contributed by atoms with van der Waals surface area (Å²) in [7, 11) is 1.48. The predicted octanol–water partition coefficient (Wildman–Crippen LogP) is 2.21. The van der Waals surface area contributed by atoms with Gasteiger partial charge in [0, 0.05) is 32.2 Å². The summed E-state index contributed by atoms with van der Waals surface area (Å²) >= 11 is 0. The number of aromatic amines is 1. The maximum absolute atomic E-state index is 13.9. The standard InChI is InChI=1S/C18H21FN6O/c1-12-8-25(18-16-17(21-10-20-16)22-11-23-18)6-5-24(12)9-13-3-4-15(26-2)14(19)7-13/h3-4,7,10-12H,5-6,8-9H2,1-2H3,(H,20,21,22,23). The van der Waals surface area contributed by atoms with Crippen LogP contribution in [0.3, 0.4) is 0 Å². The van der Waals surface area contributed by atoms with Gasteiger partial charge >= 0.3 is 0 Å². The van der Waals surface area contributed by atoms with Crippen LogP contribution in [-0.4, -0.2) is 57.6 Å². The second kappa shape index (κ2) is 6.87. The molecule has 0 amide bonds. The Morgan fingerprint density at radius 3 is 2.92 bits per heavy atom. The van der Waals surface area contributed by atoms with Gasteiger partial charge in [-0.3, -0.25) is 4.90 Å². The molecule has 0 radical (unpaired) electrons. The molecule has 7 nitrogen and oxygen atoms in total. The van der Waals surface area contributed by atoms with Crippen molar-refractivity contribution in [1.29, 1.82) is 0 Å². The first-order valence-electron chi connectivity index (χ1n) is 8.61. The number of ether oxygens (including phenoxy) is 1. The van der Waals surface area contributed by atoms with E-state index in [2.05, 4.69) is 36.7 Å². The molecule has 136 valence electrons. The summed E-state index contributed by atoms with van der Waals surface area (Å²) in [6.45, 7) is 5.43. The molecular weight excluding hydrogens is 335 g/mol. The number of fused-ring (bicyclic) bond motifs is 1. The van der Waals surface area contributed by atoms with Crippen LogP contribution in [0.1, 0.15) is 12.5 Å². The maximum atomic E-state index is 13.9. The molecule has 0 aliphatic carbocycles. The van der Waals surface area contributed by atoms with E-state index < -0.39 is 0 Å². The highest BCUT2D eigenvalue weighted by Gasteiger charge is 2.26. The molecule has 1 aromatic carbocycles. The summed E-state index contributed by atoms with van der Waals surface area (Å²) in [6, 6.07) is 5.46. The number of nitrogens with one attached hydrogen (secondary N) is 1. The van der Waals surface area contributed by atoms with E-state index in [4.69, 9.17) is 4.74 Å². The van der Waals surface area contributed by atoms with E-state index in [1.165, 1.54) is 7.11 Å². The van der Waals surface area contributed by atoms with E-state index in [-0.39, 0.29) is 11.6 Å². The number of halogens is 1. The zero-order valence-corrected chi connectivity index (χ0v) is 14.8. The number of benzene rings is 1. The third-order valence-corrected chi connectivity index (χ3v) is 4.87. The zero-order valence-electron chi connectivity index (χ0n) is 14.8. The lowest BCUT2D eigenvalue weighted by atomic mass is 10.1. The van der Waals surface area contributed by atoms with Gasteiger partial charge in [0.2, 0.25) is 0 Å². The first kappa shape index (κ1) is 16.7. The SMILES string of the molecule is COc1ccc(CN2CCN(c3ncnc4nc[nH]c34)CC2C)cc1F. The van der Waals surface area contributed by atoms with Gasteiger partial charge in [0.25, 0.3) is 0 Å². The molecule has 4 rings (SSSR count). The van der Waals surface area contributed by atoms with E-state index in [1.807, 2.05) is 6.07 Å². The number of H-pyrrole nitrogens is 1. The van der Waals surface area contributed by atoms with E-state index >= 15 is 0 Å². The molecule has 1 atom stereocenters. The second-order valence-corrected chi connectivity index (χ2v) is 6.53. The number of anilines is 1. The van der Waals surface area contributed by atoms with Crippen LogP contribution in [0.5, 0.6) is 5.75 Å². The Morgan fingerprint density at radius 2 is 2.15 bits per heavy atom. The first-order chi connectivity index (χ1) is 12.7. The molecule has 1 saturated heterocycles. The summed E-state index contributed by atoms with van der Waals surface area (Å²) in [5.41, 5.74) is 2.49. The third kappa shape index (κ3) is 3.08. The van der Waals surface area contributed by atoms with Crippen LogP contribution >= 0.6 is 0 Å². The van der Waals surface area contributed by atoms with Gasteiger partial charge in [-0.05, 0) is 24.6 Å². The Hall–Kier alpha value is -2.74. The van der Waals surface area contributed by atoms with Crippen LogP contribution in [-0.2, 0) is 6.54 Å². The highest BCUT2D eigenvalue weighted by atomic mass is 19.1. The Labute approximate surface area is 150 Å². The van der Waals surface area contributed by atoms with Gasteiger partial charge in [-0.25, -0.2) is 19.3 Å². The monoisotopic (exact) mass is 356 g/mol. The molecule has 0 bridgehead atoms. The van der Waals surface area contributed by atoms with Gasteiger partial charge < -0.3 is 14.6 Å². The van der Waals surface area contributed by atoms with E-state index in [0.717, 1.165) is 36.5 Å². The summed E-state index contributed by atoms with van der Waals surface area (Å²) in [6.07, 6.45) is 3.19. The molecule has 0 spiro atoms. The summed E-state index contributed by atoms with van der Waals surface area (Å²) in [5.74, 6) is 0.840. The Balaban J connectivity index is 1.47. The van der Waals surface area contributed by atoms with Crippen LogP contribution in [0.15, 0.2) is 30.9 Å². The molecule has 1 aliphatic rings. The highest BCUT2D eigenvalue weighted by Crippen LogP contribution is 2.24. The third-order valence-electron chi connectivity index (χ3n) is 4.87. The molecule has 3 heterocycles. The molecule has 1 unspecified atom stereocenters. The van der Waals surface area contributed by atoms with Crippen molar-refractivity contribution in [1.82, 2.24) is 24.8 Å². The van der Waals surface area contributed by atoms with Crippen molar-refractivity contribution >= 4 is 17.0 Å². The lowest BCUT2D eigenvalue weighted by Gasteiger charge is -2.40. The number of methoxy groups -OCH3 is 1. The minimum atomic E-state index is -0.320. The topological polar surface area (TPSA) is 70.2 Å². The smallest absolute Gasteiger partial charge is 0.182 e. The van der Waals surface area contributed by atoms with Crippen molar-refractivity contribution in [3.8, 4) is 5.75 Å². The van der Waals surface area contributed by atoms with Crippen LogP contribution < -0.4 is 9.64 Å². The minimum Gasteiger partial charge on any atom is -0.494 e. The second-order valence-electron chi connectivity index (χ2n) is 6.53. The number of hydrogen-bond donors (Lipinski definition) is 1. The number of imidazole rings is 1. The van der Waals surface area contributed by atoms with Crippen molar-refractivity contribution in [3.05, 3.63) is 42.2 Å². The van der Waals surface area contributed by atoms with Crippen LogP contribution in [0, 0.1) is 5.82 Å². The van der Waals surface area contributed by atoms with Gasteiger partial charge in [-0.2, -0.15) is 0 Å². The van der Waals surface area contributed by atoms with Crippen LogP contribution in [0.25, 0.3) is 11.2 Å². The van der Waals surface area contributed by atoms with Crippen molar-refractivity contribution in [2.45, 2.75) is 19.5 Å². The molecule has 2 aromatic heterocycles. The summed E-state index contributed by atoms with van der Waals surface area (Å²) in [4.78, 5) is 20.5. The number of rotatable bonds is 4. The Bertz CT molecular complexity index is 914. The Kier molecular flexibility index (Phi) is 4.42. The van der Waals surface area contributed by atoms with Crippen molar-refractivity contribution in [3.63, 3.8) is 0 Å². The van der Waals surface area contributed by atoms with Gasteiger partial charge in [0.1, 0.15) is 11.8 Å². The number of nitrogens with zero attached hydrogens (tertiary/aromatic N) is 5. The zero-order chi connectivity index (χ0) is 18.1. The minimum absolute atomic E-state index is 0.277. The fraction of sp³-hybridized carbons (Fsp3) is 0.389. The average molecular weight is 356 g/mol. The number of aromatic nitrogens is 4. The lowest BCUT2D eigenvalue weighted by Crippen LogP contribution is -2.51. The highest BCUT2D eigenvalue weighted by molar-refractivity contribution is 5.82. The molecular formula is C18H21FN6O. The average Bonchev–Trinajstić information content (AvgIpc) is 3.12. The van der Waals surface area contributed by atoms with Crippen LogP contribution in [0.4, 0.5) is 10.2 Å². The maximum Gasteiger partial charge on any atom is 0.182 e. The fourth-order valence-corrected chi connectivity index (χ4v) is 3.46. The molecule has 0 saturated carbocycles. The molecule has 1 N–H and O–H groups in total. The van der Waals surface area contributed by atoms with E-state index in [1.54, 1.807) is 24.8 Å². The molecule has 1 fully saturated rings. The number of piperazine rings is 1. The molecule has 1 aliphatic heterocycles. The van der Waals surface area contributed by atoms with Gasteiger partial charge in [-0.15, -0.1) is 0 Å². The summed E-state index contributed by atoms with van der Waals surface area (Å²) in [5, 5.41) is 0. The molecule has 26 heavy (non-hydrogen) atoms. The molecule has 8 heteroatoms. The van der Waals surface area contributed by atoms with Crippen molar-refractivity contribution in [2.75, 3.05) is 31.6 Å². The quantitative estimate of drug-likeness (QED) is 0.773.